The molecule has 1 aromatic carbocycles. The van der Waals surface area contributed by atoms with E-state index in [1.54, 1.807) is 0 Å². The number of carbonyl (C=O) groups excluding carboxylic acids is 2. The number of benzene rings is 1. The summed E-state index contributed by atoms with van der Waals surface area (Å²) in [5, 5.41) is 4.81. The van der Waals surface area contributed by atoms with Gasteiger partial charge >= 0.3 is 0 Å². The quantitative estimate of drug-likeness (QED) is 0.731. The Kier molecular flexibility index (Phi) is 5.26. The number of nitrogens with one attached hydrogen (secondary N) is 2. The zero-order valence-corrected chi connectivity index (χ0v) is 16.7. The van der Waals surface area contributed by atoms with E-state index in [0.717, 1.165) is 32.4 Å². The average Bonchev–Trinajstić information content (AvgIpc) is 3.20. The van der Waals surface area contributed by atoms with Crippen LogP contribution in [0.4, 0.5) is 0 Å². The fourth-order valence-electron chi connectivity index (χ4n) is 4.71. The first-order valence-corrected chi connectivity index (χ1v) is 10.8. The van der Waals surface area contributed by atoms with E-state index in [2.05, 4.69) is 17.4 Å². The fraction of sp³-hybridized carbons (Fsp3) is 0.619. The number of amides is 2. The van der Waals surface area contributed by atoms with Gasteiger partial charge in [-0.1, -0.05) is 30.2 Å². The minimum absolute atomic E-state index is 0.0403. The van der Waals surface area contributed by atoms with Crippen LogP contribution in [0.2, 0.25) is 0 Å². The molecule has 4 atom stereocenters. The molecule has 156 valence electrons. The van der Waals surface area contributed by atoms with Gasteiger partial charge < -0.3 is 25.0 Å². The van der Waals surface area contributed by atoms with Gasteiger partial charge in [0.15, 0.2) is 0 Å². The van der Waals surface area contributed by atoms with Crippen LogP contribution < -0.4 is 10.3 Å². The SMILES string of the molecule is O=C(c1ccc(C2CCC3NCC[NH+]3[N-]2)cc1)N1CCN(C(=O)C2CCO2)CC1. The smallest absolute Gasteiger partial charge is 0.253 e. The zero-order chi connectivity index (χ0) is 19.8. The Hall–Kier alpha value is -2.00. The predicted molar refractivity (Wildman–Crippen MR) is 106 cm³/mol. The second kappa shape index (κ2) is 8.02. The third-order valence-corrected chi connectivity index (χ3v) is 6.62. The van der Waals surface area contributed by atoms with Crippen LogP contribution in [0.5, 0.6) is 0 Å². The van der Waals surface area contributed by atoms with Crippen molar-refractivity contribution in [3.63, 3.8) is 0 Å². The summed E-state index contributed by atoms with van der Waals surface area (Å²) in [6.45, 7) is 5.08. The van der Waals surface area contributed by atoms with E-state index < -0.39 is 0 Å². The van der Waals surface area contributed by atoms with E-state index in [9.17, 15) is 9.59 Å². The molecule has 0 aliphatic carbocycles. The van der Waals surface area contributed by atoms with E-state index in [4.69, 9.17) is 10.2 Å². The van der Waals surface area contributed by atoms with Gasteiger partial charge in [0.1, 0.15) is 12.3 Å². The molecule has 4 aliphatic heterocycles. The predicted octanol–water partition coefficient (Wildman–Crippen LogP) is -0.302. The molecule has 5 rings (SSSR count). The van der Waals surface area contributed by atoms with Crippen molar-refractivity contribution in [3.8, 4) is 0 Å². The second-order valence-corrected chi connectivity index (χ2v) is 8.36. The van der Waals surface area contributed by atoms with Crippen molar-refractivity contribution < 1.29 is 19.3 Å². The van der Waals surface area contributed by atoms with E-state index in [-0.39, 0.29) is 24.0 Å². The van der Waals surface area contributed by atoms with Gasteiger partial charge in [0.05, 0.1) is 13.2 Å². The monoisotopic (exact) mass is 399 g/mol. The molecule has 2 N–H and O–H groups in total. The van der Waals surface area contributed by atoms with Crippen LogP contribution in [-0.4, -0.2) is 79.8 Å². The summed E-state index contributed by atoms with van der Waals surface area (Å²) in [5.41, 5.74) is 6.84. The second-order valence-electron chi connectivity index (χ2n) is 8.36. The maximum absolute atomic E-state index is 12.9. The molecule has 8 heteroatoms. The van der Waals surface area contributed by atoms with Crippen molar-refractivity contribution in [1.82, 2.24) is 15.1 Å². The molecule has 0 spiro atoms. The number of hydrogen-bond donors (Lipinski definition) is 2. The Morgan fingerprint density at radius 3 is 2.45 bits per heavy atom. The van der Waals surface area contributed by atoms with Crippen LogP contribution in [0.25, 0.3) is 5.43 Å². The van der Waals surface area contributed by atoms with Crippen molar-refractivity contribution in [2.24, 2.45) is 0 Å². The summed E-state index contributed by atoms with van der Waals surface area (Å²) in [6, 6.07) is 8.18. The van der Waals surface area contributed by atoms with E-state index in [1.165, 1.54) is 10.6 Å². The van der Waals surface area contributed by atoms with Crippen LogP contribution in [0.3, 0.4) is 0 Å². The molecule has 4 heterocycles. The molecule has 0 aromatic heterocycles. The molecular weight excluding hydrogens is 370 g/mol. The molecule has 2 amide bonds. The number of quaternary nitrogens is 1. The molecular formula is C21H29N5O3. The van der Waals surface area contributed by atoms with Gasteiger partial charge in [0.25, 0.3) is 11.8 Å². The number of carbonyl (C=O) groups is 2. The van der Waals surface area contributed by atoms with Gasteiger partial charge in [0.2, 0.25) is 0 Å². The summed E-state index contributed by atoms with van der Waals surface area (Å²) in [5.74, 6) is 0.111. The highest BCUT2D eigenvalue weighted by atomic mass is 16.5. The van der Waals surface area contributed by atoms with Crippen LogP contribution in [-0.2, 0) is 9.53 Å². The van der Waals surface area contributed by atoms with Gasteiger partial charge in [-0.2, -0.15) is 0 Å². The Labute approximate surface area is 171 Å². The minimum Gasteiger partial charge on any atom is -0.446 e. The van der Waals surface area contributed by atoms with Gasteiger partial charge in [-0.15, -0.1) is 0 Å². The molecule has 0 saturated carbocycles. The van der Waals surface area contributed by atoms with Crippen LogP contribution in [0.1, 0.15) is 41.2 Å². The number of rotatable bonds is 3. The first-order chi connectivity index (χ1) is 14.2. The molecule has 1 aromatic rings. The van der Waals surface area contributed by atoms with Gasteiger partial charge in [-0.25, -0.2) is 0 Å². The van der Waals surface area contributed by atoms with Gasteiger partial charge in [-0.05, 0) is 12.1 Å². The molecule has 0 bridgehead atoms. The molecule has 4 aliphatic rings. The highest BCUT2D eigenvalue weighted by molar-refractivity contribution is 5.94. The van der Waals surface area contributed by atoms with E-state index >= 15 is 0 Å². The first-order valence-electron chi connectivity index (χ1n) is 10.8. The Bertz CT molecular complexity index is 758. The lowest BCUT2D eigenvalue weighted by Gasteiger charge is -2.44. The number of nitrogens with zero attached hydrogens (tertiary/aromatic N) is 3. The first kappa shape index (κ1) is 19.0. The molecule has 8 nitrogen and oxygen atoms in total. The third-order valence-electron chi connectivity index (χ3n) is 6.62. The number of ether oxygens (including phenoxy) is 1. The largest absolute Gasteiger partial charge is 0.446 e. The van der Waals surface area contributed by atoms with E-state index in [1.807, 2.05) is 21.9 Å². The molecule has 29 heavy (non-hydrogen) atoms. The Morgan fingerprint density at radius 1 is 1.03 bits per heavy atom. The number of hydrogen-bond acceptors (Lipinski definition) is 4. The lowest BCUT2D eigenvalue weighted by molar-refractivity contribution is -0.883. The van der Waals surface area contributed by atoms with E-state index in [0.29, 0.717) is 44.5 Å². The maximum Gasteiger partial charge on any atom is 0.253 e. The van der Waals surface area contributed by atoms with Crippen molar-refractivity contribution in [1.29, 1.82) is 0 Å². The maximum atomic E-state index is 12.9. The normalized spacial score (nSPS) is 31.9. The minimum atomic E-state index is -0.261. The standard InChI is InChI=1S/C21H29N5O3/c27-20(24-10-12-25(13-11-24)21(28)18-7-14-29-18)16-3-1-15(2-4-16)17-5-6-19-22-8-9-26(19)23-17/h1-4,17-19,22,26H,5-14H2. The van der Waals surface area contributed by atoms with Gasteiger partial charge in [0, 0.05) is 51.1 Å². The van der Waals surface area contributed by atoms with Crippen molar-refractivity contribution in [2.75, 3.05) is 45.9 Å². The average molecular weight is 399 g/mol. The third kappa shape index (κ3) is 3.77. The van der Waals surface area contributed by atoms with Crippen LogP contribution in [0.15, 0.2) is 24.3 Å². The lowest BCUT2D eigenvalue weighted by Crippen LogP contribution is -3.11. The molecule has 0 radical (unpaired) electrons. The van der Waals surface area contributed by atoms with Crippen molar-refractivity contribution in [2.45, 2.75) is 37.6 Å². The molecule has 4 fully saturated rings. The Morgan fingerprint density at radius 2 is 1.76 bits per heavy atom. The fourth-order valence-corrected chi connectivity index (χ4v) is 4.71. The van der Waals surface area contributed by atoms with Crippen molar-refractivity contribution >= 4 is 11.8 Å². The van der Waals surface area contributed by atoms with Gasteiger partial charge in [-0.3, -0.25) is 14.9 Å². The summed E-state index contributed by atoms with van der Waals surface area (Å²) in [6.07, 6.45) is 3.22. The summed E-state index contributed by atoms with van der Waals surface area (Å²) in [7, 11) is 0. The number of piperazine rings is 1. The van der Waals surface area contributed by atoms with Crippen molar-refractivity contribution in [3.05, 3.63) is 40.8 Å². The lowest BCUT2D eigenvalue weighted by atomic mass is 9.98. The summed E-state index contributed by atoms with van der Waals surface area (Å²) in [4.78, 5) is 28.8. The topological polar surface area (TPSA) is 80.4 Å². The zero-order valence-electron chi connectivity index (χ0n) is 16.7. The van der Waals surface area contributed by atoms with Crippen LogP contribution >= 0.6 is 0 Å². The molecule has 4 unspecified atom stereocenters. The molecule has 4 saturated heterocycles. The highest BCUT2D eigenvalue weighted by Gasteiger charge is 2.33. The van der Waals surface area contributed by atoms with Crippen LogP contribution in [0, 0.1) is 0 Å². The summed E-state index contributed by atoms with van der Waals surface area (Å²) >= 11 is 0. The number of fused-ring (bicyclic) bond motifs is 1. The Balaban J connectivity index is 1.16. The highest BCUT2D eigenvalue weighted by Crippen LogP contribution is 2.28. The summed E-state index contributed by atoms with van der Waals surface area (Å²) < 4.78 is 5.29.